The van der Waals surface area contributed by atoms with Crippen molar-refractivity contribution in [3.63, 3.8) is 0 Å². The molecule has 0 bridgehead atoms. The molecule has 3 rings (SSSR count). The number of amides is 2. The van der Waals surface area contributed by atoms with Crippen LogP contribution >= 0.6 is 0 Å². The molecule has 1 atom stereocenters. The number of urea groups is 1. The third-order valence-electron chi connectivity index (χ3n) is 4.86. The number of carbonyl (C=O) groups excluding carboxylic acids is 1. The summed E-state index contributed by atoms with van der Waals surface area (Å²) in [5, 5.41) is 3.06. The SMILES string of the molecule is CCCOc1ccc(CNC(=O)N(CC2CCOC2)C2CC2)cc1OC. The zero-order chi connectivity index (χ0) is 18.4. The molecule has 1 saturated heterocycles. The summed E-state index contributed by atoms with van der Waals surface area (Å²) in [6.07, 6.45) is 4.22. The fourth-order valence-corrected chi connectivity index (χ4v) is 3.22. The van der Waals surface area contributed by atoms with Gasteiger partial charge in [0.25, 0.3) is 0 Å². The standard InChI is InChI=1S/C20H30N2O4/c1-3-9-26-18-7-4-15(11-19(18)24-2)12-21-20(23)22(17-5-6-17)13-16-8-10-25-14-16/h4,7,11,16-17H,3,5-6,8-10,12-14H2,1-2H3,(H,21,23). The fraction of sp³-hybridized carbons (Fsp3) is 0.650. The van der Waals surface area contributed by atoms with Crippen LogP contribution in [0.5, 0.6) is 11.5 Å². The van der Waals surface area contributed by atoms with Gasteiger partial charge in [0.05, 0.1) is 20.3 Å². The van der Waals surface area contributed by atoms with E-state index in [0.717, 1.165) is 56.8 Å². The van der Waals surface area contributed by atoms with E-state index in [-0.39, 0.29) is 6.03 Å². The van der Waals surface area contributed by atoms with Crippen LogP contribution in [0, 0.1) is 5.92 Å². The van der Waals surface area contributed by atoms with Crippen LogP contribution in [0.2, 0.25) is 0 Å². The van der Waals surface area contributed by atoms with Crippen LogP contribution in [0.4, 0.5) is 4.79 Å². The first-order valence-corrected chi connectivity index (χ1v) is 9.63. The van der Waals surface area contributed by atoms with Crippen LogP contribution in [0.25, 0.3) is 0 Å². The fourth-order valence-electron chi connectivity index (χ4n) is 3.22. The highest BCUT2D eigenvalue weighted by atomic mass is 16.5. The van der Waals surface area contributed by atoms with Gasteiger partial charge in [-0.2, -0.15) is 0 Å². The van der Waals surface area contributed by atoms with Gasteiger partial charge in [0.1, 0.15) is 0 Å². The molecule has 1 unspecified atom stereocenters. The van der Waals surface area contributed by atoms with E-state index in [2.05, 4.69) is 12.2 Å². The van der Waals surface area contributed by atoms with Gasteiger partial charge in [0.2, 0.25) is 0 Å². The molecule has 144 valence electrons. The number of carbonyl (C=O) groups is 1. The largest absolute Gasteiger partial charge is 0.493 e. The van der Waals surface area contributed by atoms with Crippen molar-refractivity contribution < 1.29 is 19.0 Å². The number of rotatable bonds is 9. The summed E-state index contributed by atoms with van der Waals surface area (Å²) in [6.45, 7) is 5.59. The van der Waals surface area contributed by atoms with E-state index in [1.54, 1.807) is 7.11 Å². The first-order chi connectivity index (χ1) is 12.7. The van der Waals surface area contributed by atoms with Crippen molar-refractivity contribution in [2.75, 3.05) is 33.5 Å². The third-order valence-corrected chi connectivity index (χ3v) is 4.86. The molecule has 2 fully saturated rings. The lowest BCUT2D eigenvalue weighted by molar-refractivity contribution is 0.162. The Hall–Kier alpha value is -1.95. The number of methoxy groups -OCH3 is 1. The molecule has 26 heavy (non-hydrogen) atoms. The van der Waals surface area contributed by atoms with Crippen LogP contribution < -0.4 is 14.8 Å². The molecule has 1 aliphatic heterocycles. The molecule has 0 spiro atoms. The average molecular weight is 362 g/mol. The van der Waals surface area contributed by atoms with Gasteiger partial charge in [-0.3, -0.25) is 0 Å². The predicted molar refractivity (Wildman–Crippen MR) is 99.7 cm³/mol. The van der Waals surface area contributed by atoms with E-state index in [1.165, 1.54) is 0 Å². The lowest BCUT2D eigenvalue weighted by Crippen LogP contribution is -2.43. The lowest BCUT2D eigenvalue weighted by Gasteiger charge is -2.25. The summed E-state index contributed by atoms with van der Waals surface area (Å²) in [5.41, 5.74) is 0.999. The minimum atomic E-state index is 0.0182. The maximum absolute atomic E-state index is 12.7. The van der Waals surface area contributed by atoms with Crippen molar-refractivity contribution >= 4 is 6.03 Å². The highest BCUT2D eigenvalue weighted by Crippen LogP contribution is 2.30. The molecule has 6 heteroatoms. The number of hydrogen-bond acceptors (Lipinski definition) is 4. The molecule has 1 N–H and O–H groups in total. The minimum absolute atomic E-state index is 0.0182. The van der Waals surface area contributed by atoms with Gasteiger partial charge in [-0.15, -0.1) is 0 Å². The molecular formula is C20H30N2O4. The normalized spacial score (nSPS) is 19.2. The van der Waals surface area contributed by atoms with Gasteiger partial charge >= 0.3 is 6.03 Å². The van der Waals surface area contributed by atoms with Crippen LogP contribution in [0.3, 0.4) is 0 Å². The molecule has 1 aliphatic carbocycles. The van der Waals surface area contributed by atoms with E-state index in [4.69, 9.17) is 14.2 Å². The molecule has 1 heterocycles. The smallest absolute Gasteiger partial charge is 0.317 e. The van der Waals surface area contributed by atoms with Crippen molar-refractivity contribution in [3.05, 3.63) is 23.8 Å². The van der Waals surface area contributed by atoms with E-state index in [0.29, 0.717) is 30.9 Å². The van der Waals surface area contributed by atoms with Gasteiger partial charge in [-0.1, -0.05) is 13.0 Å². The van der Waals surface area contributed by atoms with Crippen molar-refractivity contribution in [2.45, 2.75) is 45.2 Å². The Morgan fingerprint density at radius 3 is 2.81 bits per heavy atom. The maximum atomic E-state index is 12.7. The van der Waals surface area contributed by atoms with Crippen molar-refractivity contribution in [3.8, 4) is 11.5 Å². The van der Waals surface area contributed by atoms with Gasteiger partial charge in [0.15, 0.2) is 11.5 Å². The van der Waals surface area contributed by atoms with Crippen LogP contribution in [0.15, 0.2) is 18.2 Å². The molecule has 2 amide bonds. The number of hydrogen-bond donors (Lipinski definition) is 1. The average Bonchev–Trinajstić information content (AvgIpc) is 3.38. The number of benzene rings is 1. The molecule has 6 nitrogen and oxygen atoms in total. The topological polar surface area (TPSA) is 60.0 Å². The lowest BCUT2D eigenvalue weighted by atomic mass is 10.1. The zero-order valence-electron chi connectivity index (χ0n) is 15.8. The molecule has 2 aliphatic rings. The molecule has 1 aromatic carbocycles. The summed E-state index contributed by atoms with van der Waals surface area (Å²) in [6, 6.07) is 6.22. The highest BCUT2D eigenvalue weighted by Gasteiger charge is 2.34. The molecule has 0 aromatic heterocycles. The molecule has 1 aromatic rings. The van der Waals surface area contributed by atoms with E-state index < -0.39 is 0 Å². The highest BCUT2D eigenvalue weighted by molar-refractivity contribution is 5.75. The minimum Gasteiger partial charge on any atom is -0.493 e. The van der Waals surface area contributed by atoms with Crippen molar-refractivity contribution in [1.29, 1.82) is 0 Å². The van der Waals surface area contributed by atoms with Crippen LogP contribution in [-0.4, -0.2) is 50.4 Å². The number of nitrogens with one attached hydrogen (secondary N) is 1. The van der Waals surface area contributed by atoms with Crippen LogP contribution in [0.1, 0.15) is 38.2 Å². The maximum Gasteiger partial charge on any atom is 0.317 e. The van der Waals surface area contributed by atoms with E-state index in [9.17, 15) is 4.79 Å². The Balaban J connectivity index is 1.55. The Bertz CT molecular complexity index is 597. The molecular weight excluding hydrogens is 332 g/mol. The summed E-state index contributed by atoms with van der Waals surface area (Å²) in [4.78, 5) is 14.7. The Morgan fingerprint density at radius 2 is 2.15 bits per heavy atom. The first-order valence-electron chi connectivity index (χ1n) is 9.63. The number of ether oxygens (including phenoxy) is 3. The summed E-state index contributed by atoms with van der Waals surface area (Å²) >= 11 is 0. The van der Waals surface area contributed by atoms with Gasteiger partial charge < -0.3 is 24.4 Å². The van der Waals surface area contributed by atoms with E-state index >= 15 is 0 Å². The molecule has 1 saturated carbocycles. The second-order valence-electron chi connectivity index (χ2n) is 7.11. The Kier molecular flexibility index (Phi) is 6.61. The van der Waals surface area contributed by atoms with Crippen molar-refractivity contribution in [1.82, 2.24) is 10.2 Å². The summed E-state index contributed by atoms with van der Waals surface area (Å²) in [5.74, 6) is 1.91. The Labute approximate surface area is 155 Å². The van der Waals surface area contributed by atoms with Gasteiger partial charge in [-0.25, -0.2) is 4.79 Å². The van der Waals surface area contributed by atoms with E-state index in [1.807, 2.05) is 23.1 Å². The monoisotopic (exact) mass is 362 g/mol. The second-order valence-corrected chi connectivity index (χ2v) is 7.11. The summed E-state index contributed by atoms with van der Waals surface area (Å²) in [7, 11) is 1.63. The van der Waals surface area contributed by atoms with Crippen LogP contribution in [-0.2, 0) is 11.3 Å². The first kappa shape index (κ1) is 18.8. The predicted octanol–water partition coefficient (Wildman–Crippen LogP) is 3.19. The van der Waals surface area contributed by atoms with Gasteiger partial charge in [0, 0.05) is 31.7 Å². The molecule has 0 radical (unpaired) electrons. The summed E-state index contributed by atoms with van der Waals surface area (Å²) < 4.78 is 16.5. The number of nitrogens with zero attached hydrogens (tertiary/aromatic N) is 1. The second kappa shape index (κ2) is 9.12. The Morgan fingerprint density at radius 1 is 1.31 bits per heavy atom. The zero-order valence-corrected chi connectivity index (χ0v) is 15.8. The van der Waals surface area contributed by atoms with Gasteiger partial charge in [-0.05, 0) is 43.4 Å². The van der Waals surface area contributed by atoms with Crippen molar-refractivity contribution in [2.24, 2.45) is 5.92 Å². The quantitative estimate of drug-likeness (QED) is 0.733. The third kappa shape index (κ3) is 5.04.